The Hall–Kier alpha value is -3.48. The molecule has 3 rings (SSSR count). The molecule has 1 aromatic carbocycles. The number of benzene rings is 1. The van der Waals surface area contributed by atoms with Crippen LogP contribution in [0.15, 0.2) is 55.0 Å². The van der Waals surface area contributed by atoms with Gasteiger partial charge in [0.05, 0.1) is 18.1 Å². The number of hydrogen-bond donors (Lipinski definition) is 1. The molecule has 0 unspecified atom stereocenters. The maximum absolute atomic E-state index is 11.4. The summed E-state index contributed by atoms with van der Waals surface area (Å²) >= 11 is 0. The summed E-state index contributed by atoms with van der Waals surface area (Å²) in [6.45, 7) is 2.55. The van der Waals surface area contributed by atoms with E-state index in [1.165, 1.54) is 0 Å². The average molecular weight is 377 g/mol. The van der Waals surface area contributed by atoms with E-state index < -0.39 is 0 Å². The monoisotopic (exact) mass is 377 g/mol. The zero-order valence-corrected chi connectivity index (χ0v) is 16.2. The first-order valence-electron chi connectivity index (χ1n) is 9.00. The predicted molar refractivity (Wildman–Crippen MR) is 108 cm³/mol. The first kappa shape index (κ1) is 19.3. The van der Waals surface area contributed by atoms with Gasteiger partial charge >= 0.3 is 0 Å². The first-order valence-corrected chi connectivity index (χ1v) is 9.00. The van der Waals surface area contributed by atoms with Crippen LogP contribution >= 0.6 is 0 Å². The van der Waals surface area contributed by atoms with E-state index in [4.69, 9.17) is 4.74 Å². The fourth-order valence-electron chi connectivity index (χ4n) is 2.53. The Balaban J connectivity index is 1.66. The van der Waals surface area contributed by atoms with Crippen LogP contribution in [-0.4, -0.2) is 41.5 Å². The summed E-state index contributed by atoms with van der Waals surface area (Å²) in [4.78, 5) is 26.3. The van der Waals surface area contributed by atoms with Gasteiger partial charge in [-0.3, -0.25) is 14.8 Å². The van der Waals surface area contributed by atoms with Crippen molar-refractivity contribution >= 4 is 11.7 Å². The molecule has 144 valence electrons. The number of carbonyl (C=O) groups excluding carboxylic acids is 1. The number of ether oxygens (including phenoxy) is 1. The van der Waals surface area contributed by atoms with Gasteiger partial charge in [-0.1, -0.05) is 6.07 Å². The van der Waals surface area contributed by atoms with Gasteiger partial charge in [0.1, 0.15) is 5.75 Å². The second-order valence-corrected chi connectivity index (χ2v) is 6.41. The van der Waals surface area contributed by atoms with Crippen molar-refractivity contribution in [3.05, 3.63) is 60.6 Å². The minimum absolute atomic E-state index is 0.0182. The summed E-state index contributed by atoms with van der Waals surface area (Å²) in [6.07, 6.45) is 5.43. The Morgan fingerprint density at radius 1 is 1.11 bits per heavy atom. The molecule has 0 aliphatic carbocycles. The van der Waals surface area contributed by atoms with E-state index in [1.807, 2.05) is 61.5 Å². The van der Waals surface area contributed by atoms with Gasteiger partial charge in [0.2, 0.25) is 11.8 Å². The minimum atomic E-state index is -0.0182. The van der Waals surface area contributed by atoms with E-state index >= 15 is 0 Å². The highest BCUT2D eigenvalue weighted by Gasteiger charge is 2.08. The lowest BCUT2D eigenvalue weighted by atomic mass is 10.1. The third kappa shape index (κ3) is 5.03. The maximum atomic E-state index is 11.4. The van der Waals surface area contributed by atoms with E-state index in [-0.39, 0.29) is 5.91 Å². The standard InChI is InChI=1S/C21H23N5O2/c1-15-4-9-18(24-12-15)16-5-7-17(8-6-16)28-21-14-23-13-19(25-21)26(3)11-10-20(27)22-2/h4-9,12-14H,10-11H2,1-3H3,(H,22,27). The third-order valence-corrected chi connectivity index (χ3v) is 4.23. The number of pyridine rings is 1. The quantitative estimate of drug-likeness (QED) is 0.681. The highest BCUT2D eigenvalue weighted by Crippen LogP contribution is 2.24. The molecule has 1 N–H and O–H groups in total. The molecule has 7 nitrogen and oxygen atoms in total. The minimum Gasteiger partial charge on any atom is -0.437 e. The molecule has 7 heteroatoms. The summed E-state index contributed by atoms with van der Waals surface area (Å²) < 4.78 is 5.83. The molecule has 2 aromatic heterocycles. The second kappa shape index (κ2) is 8.94. The fraction of sp³-hybridized carbons (Fsp3) is 0.238. The molecular weight excluding hydrogens is 354 g/mol. The lowest BCUT2D eigenvalue weighted by Crippen LogP contribution is -2.26. The van der Waals surface area contributed by atoms with Crippen molar-refractivity contribution in [3.63, 3.8) is 0 Å². The van der Waals surface area contributed by atoms with Crippen LogP contribution in [0.1, 0.15) is 12.0 Å². The summed E-state index contributed by atoms with van der Waals surface area (Å²) in [6, 6.07) is 11.7. The molecule has 0 saturated heterocycles. The van der Waals surface area contributed by atoms with Crippen LogP contribution < -0.4 is 15.0 Å². The number of nitrogens with zero attached hydrogens (tertiary/aromatic N) is 4. The number of carbonyl (C=O) groups is 1. The van der Waals surface area contributed by atoms with Crippen LogP contribution in [0.3, 0.4) is 0 Å². The maximum Gasteiger partial charge on any atom is 0.239 e. The van der Waals surface area contributed by atoms with Crippen molar-refractivity contribution in [2.45, 2.75) is 13.3 Å². The highest BCUT2D eigenvalue weighted by molar-refractivity contribution is 5.76. The van der Waals surface area contributed by atoms with Gasteiger partial charge in [-0.2, -0.15) is 4.98 Å². The van der Waals surface area contributed by atoms with Crippen LogP contribution in [0.5, 0.6) is 11.6 Å². The molecule has 0 aliphatic heterocycles. The number of nitrogens with one attached hydrogen (secondary N) is 1. The zero-order chi connectivity index (χ0) is 19.9. The molecule has 1 amide bonds. The molecule has 0 aliphatic rings. The molecule has 28 heavy (non-hydrogen) atoms. The molecule has 0 bridgehead atoms. The summed E-state index contributed by atoms with van der Waals surface area (Å²) in [5.41, 5.74) is 3.06. The van der Waals surface area contributed by atoms with Gasteiger partial charge in [0, 0.05) is 38.8 Å². The van der Waals surface area contributed by atoms with Crippen molar-refractivity contribution in [1.29, 1.82) is 0 Å². The number of anilines is 1. The smallest absolute Gasteiger partial charge is 0.239 e. The molecule has 0 radical (unpaired) electrons. The second-order valence-electron chi connectivity index (χ2n) is 6.41. The fourth-order valence-corrected chi connectivity index (χ4v) is 2.53. The van der Waals surface area contributed by atoms with Crippen molar-refractivity contribution in [2.24, 2.45) is 0 Å². The lowest BCUT2D eigenvalue weighted by molar-refractivity contribution is -0.120. The predicted octanol–water partition coefficient (Wildman–Crippen LogP) is 3.21. The van der Waals surface area contributed by atoms with Crippen molar-refractivity contribution in [2.75, 3.05) is 25.5 Å². The molecule has 0 atom stereocenters. The number of rotatable bonds is 7. The Kier molecular flexibility index (Phi) is 6.16. The summed E-state index contributed by atoms with van der Waals surface area (Å²) in [5, 5.41) is 2.60. The van der Waals surface area contributed by atoms with E-state index in [0.717, 1.165) is 16.8 Å². The SMILES string of the molecule is CNC(=O)CCN(C)c1cncc(Oc2ccc(-c3ccc(C)cn3)cc2)n1. The van der Waals surface area contributed by atoms with Gasteiger partial charge in [-0.05, 0) is 42.8 Å². The summed E-state index contributed by atoms with van der Waals surface area (Å²) in [5.74, 6) is 1.68. The zero-order valence-electron chi connectivity index (χ0n) is 16.2. The highest BCUT2D eigenvalue weighted by atomic mass is 16.5. The van der Waals surface area contributed by atoms with Crippen LogP contribution in [0.25, 0.3) is 11.3 Å². The number of aryl methyl sites for hydroxylation is 1. The average Bonchev–Trinajstić information content (AvgIpc) is 2.73. The van der Waals surface area contributed by atoms with E-state index in [1.54, 1.807) is 19.4 Å². The van der Waals surface area contributed by atoms with Crippen LogP contribution in [-0.2, 0) is 4.79 Å². The van der Waals surface area contributed by atoms with E-state index in [2.05, 4.69) is 20.3 Å². The number of aromatic nitrogens is 3. The Bertz CT molecular complexity index is 926. The number of hydrogen-bond acceptors (Lipinski definition) is 6. The Morgan fingerprint density at radius 2 is 1.89 bits per heavy atom. The first-order chi connectivity index (χ1) is 13.5. The van der Waals surface area contributed by atoms with Gasteiger partial charge in [-0.15, -0.1) is 0 Å². The molecular formula is C21H23N5O2. The molecule has 3 aromatic rings. The van der Waals surface area contributed by atoms with Crippen molar-refractivity contribution in [1.82, 2.24) is 20.3 Å². The third-order valence-electron chi connectivity index (χ3n) is 4.23. The van der Waals surface area contributed by atoms with Gasteiger partial charge < -0.3 is 15.0 Å². The van der Waals surface area contributed by atoms with Gasteiger partial charge in [0.25, 0.3) is 0 Å². The van der Waals surface area contributed by atoms with Crippen LogP contribution in [0, 0.1) is 6.92 Å². The molecule has 2 heterocycles. The molecule has 0 saturated carbocycles. The van der Waals surface area contributed by atoms with E-state index in [9.17, 15) is 4.79 Å². The Morgan fingerprint density at radius 3 is 2.57 bits per heavy atom. The summed E-state index contributed by atoms with van der Waals surface area (Å²) in [7, 11) is 3.48. The van der Waals surface area contributed by atoms with E-state index in [0.29, 0.717) is 30.4 Å². The lowest BCUT2D eigenvalue weighted by Gasteiger charge is -2.17. The molecule has 0 fully saturated rings. The van der Waals surface area contributed by atoms with Crippen LogP contribution in [0.2, 0.25) is 0 Å². The normalized spacial score (nSPS) is 10.4. The van der Waals surface area contributed by atoms with Crippen molar-refractivity contribution in [3.8, 4) is 22.9 Å². The topological polar surface area (TPSA) is 80.2 Å². The van der Waals surface area contributed by atoms with Crippen LogP contribution in [0.4, 0.5) is 5.82 Å². The van der Waals surface area contributed by atoms with Gasteiger partial charge in [0.15, 0.2) is 5.82 Å². The van der Waals surface area contributed by atoms with Crippen molar-refractivity contribution < 1.29 is 9.53 Å². The molecule has 0 spiro atoms. The van der Waals surface area contributed by atoms with Gasteiger partial charge in [-0.25, -0.2) is 0 Å². The number of amides is 1. The Labute approximate surface area is 164 Å². The largest absolute Gasteiger partial charge is 0.437 e.